The van der Waals surface area contributed by atoms with E-state index < -0.39 is 0 Å². The highest BCUT2D eigenvalue weighted by Gasteiger charge is 2.22. The zero-order chi connectivity index (χ0) is 23.1. The number of carbonyl (C=O) groups excluding carboxylic acids is 1. The molecule has 33 heavy (non-hydrogen) atoms. The van der Waals surface area contributed by atoms with E-state index >= 15 is 0 Å². The highest BCUT2D eigenvalue weighted by Crippen LogP contribution is 2.35. The van der Waals surface area contributed by atoms with Crippen LogP contribution in [0.4, 0.5) is 0 Å². The number of nitrogens with zero attached hydrogens (tertiary/aromatic N) is 3. The van der Waals surface area contributed by atoms with Crippen molar-refractivity contribution in [1.29, 1.82) is 0 Å². The minimum Gasteiger partial charge on any atom is -0.376 e. The van der Waals surface area contributed by atoms with Crippen molar-refractivity contribution in [2.75, 3.05) is 6.61 Å². The molecule has 6 nitrogen and oxygen atoms in total. The van der Waals surface area contributed by atoms with Crippen LogP contribution in [-0.2, 0) is 17.8 Å². The van der Waals surface area contributed by atoms with E-state index in [1.165, 1.54) is 22.2 Å². The lowest BCUT2D eigenvalue weighted by atomic mass is 10.0. The van der Waals surface area contributed by atoms with Gasteiger partial charge in [-0.15, -0.1) is 11.3 Å². The number of benzene rings is 1. The highest BCUT2D eigenvalue weighted by molar-refractivity contribution is 7.19. The van der Waals surface area contributed by atoms with Crippen LogP contribution in [0.2, 0.25) is 0 Å². The summed E-state index contributed by atoms with van der Waals surface area (Å²) in [5, 5.41) is 0.586. The molecular formula is C26H27N3O3S. The fraction of sp³-hybridized carbons (Fsp3) is 0.346. The Kier molecular flexibility index (Phi) is 5.76. The largest absolute Gasteiger partial charge is 0.376 e. The van der Waals surface area contributed by atoms with Crippen molar-refractivity contribution in [3.63, 3.8) is 0 Å². The van der Waals surface area contributed by atoms with Crippen LogP contribution in [0.25, 0.3) is 21.3 Å². The third-order valence-electron chi connectivity index (χ3n) is 6.52. The van der Waals surface area contributed by atoms with Gasteiger partial charge in [0.2, 0.25) is 0 Å². The Morgan fingerprint density at radius 2 is 2.00 bits per heavy atom. The van der Waals surface area contributed by atoms with Crippen molar-refractivity contribution in [1.82, 2.24) is 14.1 Å². The fourth-order valence-corrected chi connectivity index (χ4v) is 5.80. The average Bonchev–Trinajstić information content (AvgIpc) is 3.51. The van der Waals surface area contributed by atoms with Crippen LogP contribution in [0.15, 0.2) is 47.5 Å². The minimum absolute atomic E-state index is 0.0326. The van der Waals surface area contributed by atoms with Gasteiger partial charge >= 0.3 is 0 Å². The molecule has 0 unspecified atom stereocenters. The zero-order valence-electron chi connectivity index (χ0n) is 19.1. The number of ketones is 1. The molecule has 3 aromatic heterocycles. The van der Waals surface area contributed by atoms with Gasteiger partial charge in [-0.3, -0.25) is 14.2 Å². The Labute approximate surface area is 196 Å². The Morgan fingerprint density at radius 1 is 1.21 bits per heavy atom. The number of rotatable bonds is 6. The Hall–Kier alpha value is -3.03. The van der Waals surface area contributed by atoms with Gasteiger partial charge in [0.1, 0.15) is 4.83 Å². The molecular weight excluding hydrogens is 434 g/mol. The smallest absolute Gasteiger partial charge is 0.263 e. The Morgan fingerprint density at radius 3 is 2.73 bits per heavy atom. The van der Waals surface area contributed by atoms with E-state index in [1.54, 1.807) is 0 Å². The van der Waals surface area contributed by atoms with Gasteiger partial charge in [0.15, 0.2) is 5.78 Å². The lowest BCUT2D eigenvalue weighted by molar-refractivity contribution is 0.0948. The van der Waals surface area contributed by atoms with Gasteiger partial charge in [0, 0.05) is 40.5 Å². The molecule has 170 valence electrons. The maximum atomic E-state index is 13.4. The predicted molar refractivity (Wildman–Crippen MR) is 131 cm³/mol. The van der Waals surface area contributed by atoms with Gasteiger partial charge in [-0.25, -0.2) is 4.98 Å². The van der Waals surface area contributed by atoms with Crippen molar-refractivity contribution in [3.8, 4) is 11.1 Å². The van der Waals surface area contributed by atoms with Crippen LogP contribution in [0, 0.1) is 20.8 Å². The molecule has 4 heterocycles. The second kappa shape index (κ2) is 8.72. The third kappa shape index (κ3) is 3.96. The number of hydrogen-bond donors (Lipinski definition) is 0. The molecule has 5 rings (SSSR count). The van der Waals surface area contributed by atoms with Crippen molar-refractivity contribution in [2.45, 2.75) is 52.8 Å². The number of Topliss-reactive ketones (excluding diaryl/α,β-unsaturated/α-hetero) is 1. The van der Waals surface area contributed by atoms with Crippen LogP contribution in [0.3, 0.4) is 0 Å². The number of carbonyl (C=O) groups is 1. The van der Waals surface area contributed by atoms with Gasteiger partial charge in [-0.05, 0) is 45.2 Å². The van der Waals surface area contributed by atoms with Gasteiger partial charge in [-0.2, -0.15) is 0 Å². The second-order valence-corrected chi connectivity index (χ2v) is 9.91. The van der Waals surface area contributed by atoms with Gasteiger partial charge in [0.25, 0.3) is 5.56 Å². The molecule has 1 atom stereocenters. The molecule has 0 bridgehead atoms. The van der Waals surface area contributed by atoms with E-state index in [1.807, 2.05) is 57.2 Å². The van der Waals surface area contributed by atoms with Crippen LogP contribution < -0.4 is 5.56 Å². The number of thiophene rings is 1. The van der Waals surface area contributed by atoms with E-state index in [0.717, 1.165) is 53.4 Å². The molecule has 0 spiro atoms. The third-order valence-corrected chi connectivity index (χ3v) is 7.53. The lowest BCUT2D eigenvalue weighted by Gasteiger charge is -2.15. The molecule has 1 fully saturated rings. The zero-order valence-corrected chi connectivity index (χ0v) is 19.9. The molecule has 7 heteroatoms. The maximum absolute atomic E-state index is 13.4. The number of fused-ring (bicyclic) bond motifs is 1. The lowest BCUT2D eigenvalue weighted by Crippen LogP contribution is -2.25. The summed E-state index contributed by atoms with van der Waals surface area (Å²) in [4.78, 5) is 33.0. The predicted octanol–water partition coefficient (Wildman–Crippen LogP) is 4.91. The van der Waals surface area contributed by atoms with E-state index in [-0.39, 0.29) is 24.0 Å². The molecule has 1 aromatic carbocycles. The molecule has 0 amide bonds. The second-order valence-electron chi connectivity index (χ2n) is 8.71. The maximum Gasteiger partial charge on any atom is 0.263 e. The van der Waals surface area contributed by atoms with Gasteiger partial charge in [0.05, 0.1) is 24.4 Å². The first-order valence-electron chi connectivity index (χ1n) is 11.3. The molecule has 1 aliphatic heterocycles. The summed E-state index contributed by atoms with van der Waals surface area (Å²) < 4.78 is 9.38. The Balaban J connectivity index is 1.48. The van der Waals surface area contributed by atoms with Crippen molar-refractivity contribution < 1.29 is 9.53 Å². The molecule has 0 radical (unpaired) electrons. The summed E-state index contributed by atoms with van der Waals surface area (Å²) in [5.41, 5.74) is 4.33. The average molecular weight is 462 g/mol. The molecule has 0 N–H and O–H groups in total. The SMILES string of the molecule is Cc1sc2ncn(CC(=O)c3cc(C)n(C[C@H]4CCCO4)c3C)c(=O)c2c1-c1ccccc1. The molecule has 1 saturated heterocycles. The standard InChI is InChI=1S/C26H27N3O3S/c1-16-12-21(17(2)29(16)13-20-10-7-11-32-20)22(30)14-28-15-27-25-24(26(28)31)23(18(3)33-25)19-8-5-4-6-9-19/h4-6,8-9,12,15,20H,7,10-11,13-14H2,1-3H3/t20-/m1/s1. The quantitative estimate of drug-likeness (QED) is 0.383. The first kappa shape index (κ1) is 21.8. The van der Waals surface area contributed by atoms with Crippen molar-refractivity contribution in [3.05, 3.63) is 74.9 Å². The molecule has 0 aliphatic carbocycles. The minimum atomic E-state index is -0.176. The number of aryl methyl sites for hydroxylation is 2. The van der Waals surface area contributed by atoms with E-state index in [0.29, 0.717) is 15.8 Å². The number of hydrogen-bond acceptors (Lipinski definition) is 5. The topological polar surface area (TPSA) is 66.1 Å². The van der Waals surface area contributed by atoms with Gasteiger partial charge < -0.3 is 9.30 Å². The summed E-state index contributed by atoms with van der Waals surface area (Å²) in [7, 11) is 0. The summed E-state index contributed by atoms with van der Waals surface area (Å²) in [6.45, 7) is 7.52. The summed E-state index contributed by atoms with van der Waals surface area (Å²) >= 11 is 1.51. The molecule has 4 aromatic rings. The van der Waals surface area contributed by atoms with E-state index in [2.05, 4.69) is 9.55 Å². The first-order valence-corrected chi connectivity index (χ1v) is 12.1. The van der Waals surface area contributed by atoms with Crippen molar-refractivity contribution >= 4 is 27.3 Å². The van der Waals surface area contributed by atoms with Crippen LogP contribution in [-0.4, -0.2) is 32.6 Å². The van der Waals surface area contributed by atoms with E-state index in [9.17, 15) is 9.59 Å². The van der Waals surface area contributed by atoms with Crippen LogP contribution in [0.1, 0.15) is 39.5 Å². The highest BCUT2D eigenvalue weighted by atomic mass is 32.1. The first-order chi connectivity index (χ1) is 15.9. The summed E-state index contributed by atoms with van der Waals surface area (Å²) in [5.74, 6) is -0.0850. The van der Waals surface area contributed by atoms with Crippen LogP contribution >= 0.6 is 11.3 Å². The number of aromatic nitrogens is 3. The summed E-state index contributed by atoms with van der Waals surface area (Å²) in [6, 6.07) is 11.8. The summed E-state index contributed by atoms with van der Waals surface area (Å²) in [6.07, 6.45) is 3.83. The molecule has 1 aliphatic rings. The fourth-order valence-electron chi connectivity index (χ4n) is 4.80. The Bertz CT molecular complexity index is 1390. The van der Waals surface area contributed by atoms with Gasteiger partial charge in [-0.1, -0.05) is 30.3 Å². The van der Waals surface area contributed by atoms with Crippen molar-refractivity contribution in [2.24, 2.45) is 0 Å². The monoisotopic (exact) mass is 461 g/mol. The number of ether oxygens (including phenoxy) is 1. The van der Waals surface area contributed by atoms with Crippen LogP contribution in [0.5, 0.6) is 0 Å². The normalized spacial score (nSPS) is 16.0. The van der Waals surface area contributed by atoms with E-state index in [4.69, 9.17) is 4.74 Å². The molecule has 0 saturated carbocycles.